The van der Waals surface area contributed by atoms with Gasteiger partial charge >= 0.3 is 0 Å². The van der Waals surface area contributed by atoms with Crippen molar-refractivity contribution in [2.24, 2.45) is 11.7 Å². The van der Waals surface area contributed by atoms with E-state index >= 15 is 0 Å². The molecule has 0 aromatic carbocycles. The Morgan fingerprint density at radius 2 is 1.70 bits per heavy atom. The number of rotatable bonds is 11. The van der Waals surface area contributed by atoms with Gasteiger partial charge in [0.1, 0.15) is 0 Å². The van der Waals surface area contributed by atoms with Crippen LogP contribution in [0.5, 0.6) is 0 Å². The van der Waals surface area contributed by atoms with Crippen molar-refractivity contribution in [3.05, 3.63) is 0 Å². The van der Waals surface area contributed by atoms with Crippen LogP contribution in [0.2, 0.25) is 0 Å². The number of likely N-dealkylation sites (N-methyl/N-ethyl adjacent to an activating group) is 1. The van der Waals surface area contributed by atoms with Gasteiger partial charge in [-0.3, -0.25) is 4.79 Å². The Labute approximate surface area is 125 Å². The molecule has 0 rings (SSSR count). The molecular weight excluding hydrogens is 250 g/mol. The molecule has 0 aliphatic carbocycles. The molecule has 2 N–H and O–H groups in total. The maximum absolute atomic E-state index is 12.5. The van der Waals surface area contributed by atoms with Gasteiger partial charge in [0.15, 0.2) is 0 Å². The second-order valence-corrected chi connectivity index (χ2v) is 5.95. The smallest absolute Gasteiger partial charge is 0.239 e. The monoisotopic (exact) mass is 285 g/mol. The van der Waals surface area contributed by atoms with Gasteiger partial charge in [-0.25, -0.2) is 0 Å². The molecule has 120 valence electrons. The molecule has 0 spiro atoms. The fourth-order valence-electron chi connectivity index (χ4n) is 2.32. The van der Waals surface area contributed by atoms with E-state index in [1.54, 1.807) is 0 Å². The van der Waals surface area contributed by atoms with Gasteiger partial charge in [-0.15, -0.1) is 0 Å². The average molecular weight is 285 g/mol. The lowest BCUT2D eigenvalue weighted by Gasteiger charge is -2.30. The number of carbonyl (C=O) groups is 1. The predicted octanol–water partition coefficient (Wildman–Crippen LogP) is 2.33. The molecule has 0 heterocycles. The zero-order chi connectivity index (χ0) is 15.5. The van der Waals surface area contributed by atoms with Gasteiger partial charge in [-0.05, 0) is 25.4 Å². The van der Waals surface area contributed by atoms with Crippen molar-refractivity contribution >= 4 is 5.91 Å². The molecule has 0 radical (unpaired) electrons. The third-order valence-electron chi connectivity index (χ3n) is 3.66. The Morgan fingerprint density at radius 3 is 2.15 bits per heavy atom. The van der Waals surface area contributed by atoms with E-state index in [0.29, 0.717) is 5.92 Å². The van der Waals surface area contributed by atoms with Crippen LogP contribution in [0.4, 0.5) is 0 Å². The summed E-state index contributed by atoms with van der Waals surface area (Å²) in [5, 5.41) is 0. The van der Waals surface area contributed by atoms with Crippen LogP contribution in [0.3, 0.4) is 0 Å². The van der Waals surface area contributed by atoms with Gasteiger partial charge in [0, 0.05) is 19.6 Å². The molecule has 0 saturated heterocycles. The summed E-state index contributed by atoms with van der Waals surface area (Å²) in [6.45, 7) is 15.3. The highest BCUT2D eigenvalue weighted by atomic mass is 16.2. The first-order valence-corrected chi connectivity index (χ1v) is 8.22. The van der Waals surface area contributed by atoms with E-state index in [4.69, 9.17) is 5.73 Å². The Balaban J connectivity index is 4.49. The summed E-state index contributed by atoms with van der Waals surface area (Å²) in [7, 11) is 0. The van der Waals surface area contributed by atoms with Crippen molar-refractivity contribution in [2.75, 3.05) is 32.7 Å². The van der Waals surface area contributed by atoms with Crippen molar-refractivity contribution < 1.29 is 4.79 Å². The van der Waals surface area contributed by atoms with Crippen molar-refractivity contribution in [3.63, 3.8) is 0 Å². The Kier molecular flexibility index (Phi) is 10.8. The van der Waals surface area contributed by atoms with E-state index in [1.165, 1.54) is 0 Å². The van der Waals surface area contributed by atoms with E-state index < -0.39 is 0 Å². The van der Waals surface area contributed by atoms with Crippen LogP contribution in [0.1, 0.15) is 53.9 Å². The topological polar surface area (TPSA) is 49.6 Å². The number of hydrogen-bond donors (Lipinski definition) is 1. The maximum atomic E-state index is 12.5. The summed E-state index contributed by atoms with van der Waals surface area (Å²) >= 11 is 0. The van der Waals surface area contributed by atoms with E-state index in [0.717, 1.165) is 52.0 Å². The number of nitrogens with two attached hydrogens (primary N) is 1. The molecule has 0 aromatic rings. The normalized spacial score (nSPS) is 13.0. The predicted molar refractivity (Wildman–Crippen MR) is 86.7 cm³/mol. The third-order valence-corrected chi connectivity index (χ3v) is 3.66. The Bertz CT molecular complexity index is 252. The average Bonchev–Trinajstić information content (AvgIpc) is 2.43. The molecular formula is C16H35N3O. The van der Waals surface area contributed by atoms with Gasteiger partial charge in [0.2, 0.25) is 5.91 Å². The summed E-state index contributed by atoms with van der Waals surface area (Å²) < 4.78 is 0. The molecule has 20 heavy (non-hydrogen) atoms. The van der Waals surface area contributed by atoms with Crippen molar-refractivity contribution in [3.8, 4) is 0 Å². The minimum absolute atomic E-state index is 0.124. The van der Waals surface area contributed by atoms with E-state index in [-0.39, 0.29) is 11.9 Å². The zero-order valence-electron chi connectivity index (χ0n) is 14.2. The molecule has 0 saturated carbocycles. The van der Waals surface area contributed by atoms with Gasteiger partial charge in [0.05, 0.1) is 6.04 Å². The van der Waals surface area contributed by atoms with E-state index in [2.05, 4.69) is 39.5 Å². The maximum Gasteiger partial charge on any atom is 0.239 e. The van der Waals surface area contributed by atoms with Crippen molar-refractivity contribution in [1.82, 2.24) is 9.80 Å². The summed E-state index contributed by atoms with van der Waals surface area (Å²) in [4.78, 5) is 16.8. The quantitative estimate of drug-likeness (QED) is 0.634. The standard InChI is InChI=1S/C16H35N3O/c1-6-9-10-15(17)16(20)19(13-14(4)5)12-11-18(7-2)8-3/h14-15H,6-13,17H2,1-5H3. The second-order valence-electron chi connectivity index (χ2n) is 5.95. The molecule has 4 nitrogen and oxygen atoms in total. The lowest BCUT2D eigenvalue weighted by atomic mass is 10.1. The molecule has 0 aromatic heterocycles. The first kappa shape index (κ1) is 19.4. The van der Waals surface area contributed by atoms with Crippen LogP contribution < -0.4 is 5.73 Å². The van der Waals surface area contributed by atoms with Crippen LogP contribution in [-0.4, -0.2) is 54.5 Å². The first-order valence-electron chi connectivity index (χ1n) is 8.22. The van der Waals surface area contributed by atoms with E-state index in [1.807, 2.05) is 4.90 Å². The number of hydrogen-bond acceptors (Lipinski definition) is 3. The minimum Gasteiger partial charge on any atom is -0.340 e. The Morgan fingerprint density at radius 1 is 1.10 bits per heavy atom. The van der Waals surface area contributed by atoms with Crippen LogP contribution in [0, 0.1) is 5.92 Å². The number of nitrogens with zero attached hydrogens (tertiary/aromatic N) is 2. The van der Waals surface area contributed by atoms with Gasteiger partial charge in [-0.2, -0.15) is 0 Å². The van der Waals surface area contributed by atoms with Crippen LogP contribution in [0.15, 0.2) is 0 Å². The molecule has 1 unspecified atom stereocenters. The van der Waals surface area contributed by atoms with Crippen molar-refractivity contribution in [2.45, 2.75) is 59.9 Å². The molecule has 0 bridgehead atoms. The van der Waals surface area contributed by atoms with Crippen molar-refractivity contribution in [1.29, 1.82) is 0 Å². The highest BCUT2D eigenvalue weighted by Gasteiger charge is 2.21. The molecule has 0 aliphatic rings. The molecule has 4 heteroatoms. The van der Waals surface area contributed by atoms with Crippen LogP contribution in [-0.2, 0) is 4.79 Å². The SMILES string of the molecule is CCCCC(N)C(=O)N(CCN(CC)CC)CC(C)C. The number of carbonyl (C=O) groups excluding carboxylic acids is 1. The molecule has 0 aliphatic heterocycles. The zero-order valence-corrected chi connectivity index (χ0v) is 14.2. The van der Waals surface area contributed by atoms with E-state index in [9.17, 15) is 4.79 Å². The lowest BCUT2D eigenvalue weighted by molar-refractivity contribution is -0.133. The van der Waals surface area contributed by atoms with Gasteiger partial charge < -0.3 is 15.5 Å². The second kappa shape index (κ2) is 11.1. The largest absolute Gasteiger partial charge is 0.340 e. The highest BCUT2D eigenvalue weighted by Crippen LogP contribution is 2.06. The fourth-order valence-corrected chi connectivity index (χ4v) is 2.32. The first-order chi connectivity index (χ1) is 9.46. The summed E-state index contributed by atoms with van der Waals surface area (Å²) in [6.07, 6.45) is 2.91. The molecule has 1 atom stereocenters. The fraction of sp³-hybridized carbons (Fsp3) is 0.938. The minimum atomic E-state index is -0.328. The lowest BCUT2D eigenvalue weighted by Crippen LogP contribution is -2.48. The third kappa shape index (κ3) is 7.85. The summed E-state index contributed by atoms with van der Waals surface area (Å²) in [5.74, 6) is 0.605. The Hall–Kier alpha value is -0.610. The summed E-state index contributed by atoms with van der Waals surface area (Å²) in [6, 6.07) is -0.328. The van der Waals surface area contributed by atoms with Gasteiger partial charge in [-0.1, -0.05) is 47.5 Å². The summed E-state index contributed by atoms with van der Waals surface area (Å²) in [5.41, 5.74) is 6.05. The van der Waals surface area contributed by atoms with Crippen LogP contribution in [0.25, 0.3) is 0 Å². The molecule has 1 amide bonds. The number of unbranched alkanes of at least 4 members (excludes halogenated alkanes) is 1. The number of amides is 1. The highest BCUT2D eigenvalue weighted by molar-refractivity contribution is 5.81. The van der Waals surface area contributed by atoms with Gasteiger partial charge in [0.25, 0.3) is 0 Å². The molecule has 0 fully saturated rings. The van der Waals surface area contributed by atoms with Crippen LogP contribution >= 0.6 is 0 Å².